The Morgan fingerprint density at radius 1 is 1.05 bits per heavy atom. The molecule has 4 rings (SSSR count). The SMILES string of the molecule is C/C=C(\CCN1CCCC1)Cn1c(CN(CCC)C(=O)c2ccccc2C)nc2ccccc21.C=CC=C. The smallest absolute Gasteiger partial charge is 0.254 e. The summed E-state index contributed by atoms with van der Waals surface area (Å²) in [6.45, 7) is 18.6. The van der Waals surface area contributed by atoms with Crippen LogP contribution in [-0.2, 0) is 13.1 Å². The Labute approximate surface area is 229 Å². The number of imidazole rings is 1. The van der Waals surface area contributed by atoms with Gasteiger partial charge >= 0.3 is 0 Å². The monoisotopic (exact) mass is 512 g/mol. The fourth-order valence-electron chi connectivity index (χ4n) is 4.92. The molecule has 1 saturated heterocycles. The molecule has 0 unspecified atom stereocenters. The summed E-state index contributed by atoms with van der Waals surface area (Å²) in [5.41, 5.74) is 5.34. The van der Waals surface area contributed by atoms with Crippen molar-refractivity contribution in [3.05, 3.63) is 102 Å². The second-order valence-electron chi connectivity index (χ2n) is 9.86. The number of fused-ring (bicyclic) bond motifs is 1. The zero-order valence-corrected chi connectivity index (χ0v) is 23.5. The summed E-state index contributed by atoms with van der Waals surface area (Å²) >= 11 is 0. The van der Waals surface area contributed by atoms with Crippen molar-refractivity contribution in [2.24, 2.45) is 0 Å². The molecule has 2 aromatic carbocycles. The minimum atomic E-state index is 0.0823. The van der Waals surface area contributed by atoms with E-state index in [-0.39, 0.29) is 5.91 Å². The van der Waals surface area contributed by atoms with Crippen LogP contribution in [-0.4, -0.2) is 51.4 Å². The molecule has 38 heavy (non-hydrogen) atoms. The Morgan fingerprint density at radius 3 is 2.39 bits per heavy atom. The first-order valence-electron chi connectivity index (χ1n) is 13.9. The van der Waals surface area contributed by atoms with Gasteiger partial charge in [-0.1, -0.05) is 74.2 Å². The molecule has 202 valence electrons. The molecular formula is C33H44N4O. The molecule has 0 saturated carbocycles. The van der Waals surface area contributed by atoms with Crippen LogP contribution in [0.3, 0.4) is 0 Å². The molecule has 1 aliphatic rings. The van der Waals surface area contributed by atoms with Gasteiger partial charge in [0.1, 0.15) is 5.82 Å². The number of rotatable bonds is 11. The van der Waals surface area contributed by atoms with Gasteiger partial charge in [-0.3, -0.25) is 4.79 Å². The van der Waals surface area contributed by atoms with Crippen LogP contribution in [0.15, 0.2) is 85.5 Å². The molecule has 1 fully saturated rings. The fourth-order valence-corrected chi connectivity index (χ4v) is 4.92. The molecule has 0 radical (unpaired) electrons. The van der Waals surface area contributed by atoms with E-state index in [1.165, 1.54) is 31.5 Å². The molecular weight excluding hydrogens is 468 g/mol. The largest absolute Gasteiger partial charge is 0.331 e. The maximum atomic E-state index is 13.5. The molecule has 2 heterocycles. The number of aryl methyl sites for hydroxylation is 1. The number of carbonyl (C=O) groups excluding carboxylic acids is 1. The van der Waals surface area contributed by atoms with Gasteiger partial charge in [0.05, 0.1) is 17.6 Å². The van der Waals surface area contributed by atoms with Crippen LogP contribution in [0.4, 0.5) is 0 Å². The summed E-state index contributed by atoms with van der Waals surface area (Å²) < 4.78 is 2.32. The number of carbonyl (C=O) groups is 1. The van der Waals surface area contributed by atoms with E-state index >= 15 is 0 Å². The zero-order chi connectivity index (χ0) is 27.3. The van der Waals surface area contributed by atoms with Crippen molar-refractivity contribution in [3.63, 3.8) is 0 Å². The highest BCUT2D eigenvalue weighted by molar-refractivity contribution is 5.95. The van der Waals surface area contributed by atoms with E-state index in [1.54, 1.807) is 12.2 Å². The predicted molar refractivity (Wildman–Crippen MR) is 160 cm³/mol. The number of hydrogen-bond donors (Lipinski definition) is 0. The maximum absolute atomic E-state index is 13.5. The van der Waals surface area contributed by atoms with E-state index in [4.69, 9.17) is 4.98 Å². The predicted octanol–water partition coefficient (Wildman–Crippen LogP) is 7.19. The summed E-state index contributed by atoms with van der Waals surface area (Å²) in [6.07, 6.45) is 10.2. The van der Waals surface area contributed by atoms with Gasteiger partial charge in [-0.2, -0.15) is 0 Å². The van der Waals surface area contributed by atoms with Gasteiger partial charge in [-0.05, 0) is 76.4 Å². The van der Waals surface area contributed by atoms with Gasteiger partial charge in [0.2, 0.25) is 0 Å². The van der Waals surface area contributed by atoms with Crippen molar-refractivity contribution in [2.75, 3.05) is 26.2 Å². The number of allylic oxidation sites excluding steroid dienone is 3. The summed E-state index contributed by atoms with van der Waals surface area (Å²) in [4.78, 5) is 23.0. The molecule has 0 spiro atoms. The zero-order valence-electron chi connectivity index (χ0n) is 23.5. The number of para-hydroxylation sites is 2. The Kier molecular flexibility index (Phi) is 11.6. The van der Waals surface area contributed by atoms with Gasteiger partial charge in [0.15, 0.2) is 0 Å². The summed E-state index contributed by atoms with van der Waals surface area (Å²) in [6, 6.07) is 16.2. The van der Waals surface area contributed by atoms with E-state index in [2.05, 4.69) is 60.7 Å². The lowest BCUT2D eigenvalue weighted by Gasteiger charge is -2.24. The van der Waals surface area contributed by atoms with E-state index < -0.39 is 0 Å². The Bertz CT molecular complexity index is 1230. The van der Waals surface area contributed by atoms with Crippen molar-refractivity contribution in [2.45, 2.75) is 59.5 Å². The van der Waals surface area contributed by atoms with E-state index in [9.17, 15) is 4.79 Å². The van der Waals surface area contributed by atoms with Gasteiger partial charge in [-0.15, -0.1) is 0 Å². The normalized spacial score (nSPS) is 13.7. The van der Waals surface area contributed by atoms with Gasteiger partial charge in [0, 0.05) is 25.2 Å². The number of benzene rings is 2. The van der Waals surface area contributed by atoms with E-state index in [0.717, 1.165) is 53.9 Å². The Morgan fingerprint density at radius 2 is 1.74 bits per heavy atom. The van der Waals surface area contributed by atoms with Gasteiger partial charge in [-0.25, -0.2) is 4.98 Å². The minimum Gasteiger partial charge on any atom is -0.331 e. The number of aromatic nitrogens is 2. The molecule has 0 atom stereocenters. The average molecular weight is 513 g/mol. The highest BCUT2D eigenvalue weighted by Gasteiger charge is 2.21. The van der Waals surface area contributed by atoms with Crippen molar-refractivity contribution in [1.29, 1.82) is 0 Å². The van der Waals surface area contributed by atoms with Crippen LogP contribution in [0.25, 0.3) is 11.0 Å². The third-order valence-electron chi connectivity index (χ3n) is 7.11. The lowest BCUT2D eigenvalue weighted by Crippen LogP contribution is -2.33. The highest BCUT2D eigenvalue weighted by atomic mass is 16.2. The fraction of sp³-hybridized carbons (Fsp3) is 0.394. The topological polar surface area (TPSA) is 41.4 Å². The molecule has 5 heteroatoms. The quantitative estimate of drug-likeness (QED) is 0.202. The van der Waals surface area contributed by atoms with Crippen LogP contribution in [0.1, 0.15) is 61.3 Å². The van der Waals surface area contributed by atoms with Crippen LogP contribution in [0.5, 0.6) is 0 Å². The van der Waals surface area contributed by atoms with Crippen LogP contribution in [0.2, 0.25) is 0 Å². The van der Waals surface area contributed by atoms with Gasteiger partial charge < -0.3 is 14.4 Å². The molecule has 0 bridgehead atoms. The number of amides is 1. The number of hydrogen-bond acceptors (Lipinski definition) is 3. The van der Waals surface area contributed by atoms with Gasteiger partial charge in [0.25, 0.3) is 5.91 Å². The third-order valence-corrected chi connectivity index (χ3v) is 7.11. The summed E-state index contributed by atoms with van der Waals surface area (Å²) in [7, 11) is 0. The molecule has 3 aromatic rings. The average Bonchev–Trinajstić information content (AvgIpc) is 3.58. The lowest BCUT2D eigenvalue weighted by molar-refractivity contribution is 0.0736. The second-order valence-corrected chi connectivity index (χ2v) is 9.86. The van der Waals surface area contributed by atoms with Crippen molar-refractivity contribution >= 4 is 16.9 Å². The first-order chi connectivity index (χ1) is 18.5. The van der Waals surface area contributed by atoms with Crippen molar-refractivity contribution < 1.29 is 4.79 Å². The molecule has 0 aliphatic carbocycles. The molecule has 0 N–H and O–H groups in total. The van der Waals surface area contributed by atoms with Crippen LogP contribution >= 0.6 is 0 Å². The first-order valence-corrected chi connectivity index (χ1v) is 13.9. The maximum Gasteiger partial charge on any atom is 0.254 e. The first kappa shape index (κ1) is 29.1. The number of nitrogens with zero attached hydrogens (tertiary/aromatic N) is 4. The van der Waals surface area contributed by atoms with Crippen LogP contribution < -0.4 is 0 Å². The molecule has 1 amide bonds. The molecule has 1 aromatic heterocycles. The Balaban J connectivity index is 0.000000934. The second kappa shape index (κ2) is 15.1. The lowest BCUT2D eigenvalue weighted by atomic mass is 10.1. The van der Waals surface area contributed by atoms with E-state index in [1.807, 2.05) is 42.2 Å². The number of likely N-dealkylation sites (tertiary alicyclic amines) is 1. The summed E-state index contributed by atoms with van der Waals surface area (Å²) in [5.74, 6) is 1.04. The van der Waals surface area contributed by atoms with Crippen molar-refractivity contribution in [1.82, 2.24) is 19.4 Å². The third kappa shape index (κ3) is 7.78. The molecule has 5 nitrogen and oxygen atoms in total. The van der Waals surface area contributed by atoms with Crippen LogP contribution in [0, 0.1) is 6.92 Å². The Hall–Kier alpha value is -3.44. The molecule has 1 aliphatic heterocycles. The summed E-state index contributed by atoms with van der Waals surface area (Å²) in [5, 5.41) is 0. The highest BCUT2D eigenvalue weighted by Crippen LogP contribution is 2.22. The van der Waals surface area contributed by atoms with Crippen molar-refractivity contribution in [3.8, 4) is 0 Å². The van der Waals surface area contributed by atoms with E-state index in [0.29, 0.717) is 13.1 Å². The standard InChI is InChI=1S/C29H38N4O.C4H6/c1-4-17-32(29(34)25-13-7-6-12-23(25)3)22-28-30-26-14-8-9-15-27(26)33(28)21-24(5-2)16-20-31-18-10-11-19-31;1-3-4-2/h5-9,12-15H,4,10-11,16-22H2,1-3H3;3-4H,1-2H2/b24-5+;. The minimum absolute atomic E-state index is 0.0823.